The second kappa shape index (κ2) is 21.6. The fraction of sp³-hybridized carbons (Fsp3) is 0.542. The van der Waals surface area contributed by atoms with E-state index in [9.17, 15) is 36.0 Å². The number of amides is 4. The molecule has 4 fully saturated rings. The third-order valence-electron chi connectivity index (χ3n) is 14.5. The van der Waals surface area contributed by atoms with Gasteiger partial charge >= 0.3 is 0 Å². The van der Waals surface area contributed by atoms with Gasteiger partial charge in [0.15, 0.2) is 0 Å². The maximum absolute atomic E-state index is 14.9. The van der Waals surface area contributed by atoms with E-state index in [4.69, 9.17) is 9.97 Å². The van der Waals surface area contributed by atoms with Gasteiger partial charge in [-0.05, 0) is 53.6 Å². The topological polar surface area (TPSA) is 223 Å². The van der Waals surface area contributed by atoms with Crippen LogP contribution in [0.3, 0.4) is 0 Å². The molecule has 4 saturated heterocycles. The van der Waals surface area contributed by atoms with Gasteiger partial charge in [0, 0.05) is 72.0 Å². The number of rotatable bonds is 19. The summed E-state index contributed by atoms with van der Waals surface area (Å²) in [5, 5.41) is 17.2. The molecule has 4 aromatic rings. The Kier molecular flexibility index (Phi) is 15.9. The van der Waals surface area contributed by atoms with Crippen LogP contribution in [0.5, 0.6) is 0 Å². The zero-order chi connectivity index (χ0) is 50.1. The Morgan fingerprint density at radius 1 is 0.629 bits per heavy atom. The van der Waals surface area contributed by atoms with Crippen molar-refractivity contribution in [1.29, 1.82) is 0 Å². The largest absolute Gasteiger partial charge is 0.343 e. The molecule has 22 heteroatoms. The molecule has 2 aromatic heterocycles. The number of likely N-dealkylation sites (N-methyl/N-ethyl adjacent to an activating group) is 2. The lowest BCUT2D eigenvalue weighted by Gasteiger charge is -2.32. The molecule has 10 atom stereocenters. The highest BCUT2D eigenvalue weighted by Gasteiger charge is 2.56. The van der Waals surface area contributed by atoms with Crippen molar-refractivity contribution in [2.24, 2.45) is 0 Å². The average molecular weight is 1040 g/mol. The lowest BCUT2D eigenvalue weighted by Crippen LogP contribution is -2.55. The van der Waals surface area contributed by atoms with E-state index in [0.29, 0.717) is 25.7 Å². The van der Waals surface area contributed by atoms with Crippen molar-refractivity contribution in [3.8, 4) is 22.5 Å². The minimum absolute atomic E-state index is 0.172. The van der Waals surface area contributed by atoms with Crippen molar-refractivity contribution in [2.75, 3.05) is 52.8 Å². The zero-order valence-electron chi connectivity index (χ0n) is 40.4. The predicted molar refractivity (Wildman–Crippen MR) is 271 cm³/mol. The third kappa shape index (κ3) is 10.9. The zero-order valence-corrected chi connectivity index (χ0v) is 43.6. The van der Waals surface area contributed by atoms with Crippen molar-refractivity contribution >= 4 is 66.3 Å². The van der Waals surface area contributed by atoms with E-state index in [2.05, 4.69) is 21.3 Å². The molecule has 2 aromatic carbocycles. The van der Waals surface area contributed by atoms with Gasteiger partial charge in [-0.25, -0.2) is 26.8 Å². The summed E-state index contributed by atoms with van der Waals surface area (Å²) in [4.78, 5) is 70.3. The Labute approximate surface area is 419 Å². The van der Waals surface area contributed by atoms with Crippen LogP contribution in [0.15, 0.2) is 71.4 Å². The Bertz CT molecular complexity index is 2560. The molecule has 4 aliphatic heterocycles. The van der Waals surface area contributed by atoms with Crippen LogP contribution < -0.4 is 21.3 Å². The third-order valence-corrected chi connectivity index (χ3v) is 19.0. The van der Waals surface area contributed by atoms with Crippen LogP contribution in [0.25, 0.3) is 22.5 Å². The van der Waals surface area contributed by atoms with Crippen molar-refractivity contribution in [3.63, 3.8) is 0 Å². The summed E-state index contributed by atoms with van der Waals surface area (Å²) in [6, 6.07) is 14.3. The maximum Gasteiger partial charge on any atom is 0.245 e. The number of aromatic nitrogens is 2. The van der Waals surface area contributed by atoms with Gasteiger partial charge in [-0.1, -0.05) is 73.5 Å². The number of unbranched alkanes of at least 4 members (excludes halogenated alkanes) is 1. The average Bonchev–Trinajstić information content (AvgIpc) is 4.21. The first-order chi connectivity index (χ1) is 33.4. The fourth-order valence-corrected chi connectivity index (χ4v) is 14.9. The molecule has 0 bridgehead atoms. The second-order valence-corrected chi connectivity index (χ2v) is 24.6. The highest BCUT2D eigenvalue weighted by atomic mass is 32.2. The number of sulfonamides is 2. The van der Waals surface area contributed by atoms with E-state index in [1.54, 1.807) is 37.7 Å². The first-order valence-electron chi connectivity index (χ1n) is 23.9. The first kappa shape index (κ1) is 51.7. The molecule has 378 valence electrons. The summed E-state index contributed by atoms with van der Waals surface area (Å²) in [5.74, 6) is -2.19. The van der Waals surface area contributed by atoms with Gasteiger partial charge in [-0.3, -0.25) is 19.2 Å². The first-order valence-corrected chi connectivity index (χ1v) is 29.4. The number of carbonyl (C=O) groups excluding carboxylic acids is 4. The predicted octanol–water partition coefficient (Wildman–Crippen LogP) is 3.04. The Balaban J connectivity index is 1.02. The van der Waals surface area contributed by atoms with Gasteiger partial charge in [0.2, 0.25) is 43.7 Å². The van der Waals surface area contributed by atoms with Crippen LogP contribution in [-0.4, -0.2) is 170 Å². The summed E-state index contributed by atoms with van der Waals surface area (Å²) in [7, 11) is -3.98. The monoisotopic (exact) mass is 1040 g/mol. The van der Waals surface area contributed by atoms with Crippen LogP contribution in [0.1, 0.15) is 74.2 Å². The van der Waals surface area contributed by atoms with Gasteiger partial charge in [0.05, 0.1) is 58.1 Å². The molecule has 0 radical (unpaired) electrons. The number of nitrogens with one attached hydrogen (secondary N) is 4. The van der Waals surface area contributed by atoms with Gasteiger partial charge < -0.3 is 31.1 Å². The summed E-state index contributed by atoms with van der Waals surface area (Å²) in [5.41, 5.74) is 3.40. The Morgan fingerprint density at radius 2 is 1.00 bits per heavy atom. The van der Waals surface area contributed by atoms with Crippen molar-refractivity contribution in [1.82, 2.24) is 49.6 Å². The molecule has 70 heavy (non-hydrogen) atoms. The van der Waals surface area contributed by atoms with Crippen molar-refractivity contribution in [2.45, 2.75) is 113 Å². The summed E-state index contributed by atoms with van der Waals surface area (Å²) < 4.78 is 55.9. The van der Waals surface area contributed by atoms with Crippen molar-refractivity contribution < 1.29 is 36.0 Å². The number of hydrogen-bond donors (Lipinski definition) is 4. The van der Waals surface area contributed by atoms with E-state index < -0.39 is 80.2 Å². The van der Waals surface area contributed by atoms with Crippen LogP contribution >= 0.6 is 22.7 Å². The number of hydrogen-bond acceptors (Lipinski definition) is 14. The van der Waals surface area contributed by atoms with Gasteiger partial charge in [-0.15, -0.1) is 22.7 Å². The maximum atomic E-state index is 14.9. The Morgan fingerprint density at radius 3 is 1.34 bits per heavy atom. The van der Waals surface area contributed by atoms with E-state index in [-0.39, 0.29) is 62.6 Å². The van der Waals surface area contributed by atoms with E-state index >= 15 is 0 Å². The molecule has 0 aliphatic carbocycles. The molecule has 18 nitrogen and oxygen atoms in total. The SMILES string of the molecule is CN[C@@H](C)C(=O)N[C@@H](CCCC[C@H](NC(=O)[C@H](C)NC)C(=O)N1CC[C@@H]2[C@H]1[C@@H](c1nc(-c3ccccc3)cs1)CN2S(C)(=O)=O)C(=O)N1CC[C@@H]2[C@H]1[C@@H](c1nc(-c3ccccc3)cs1)CN2S(C)(=O)=O. The van der Waals surface area contributed by atoms with Crippen molar-refractivity contribution in [3.05, 3.63) is 81.4 Å². The summed E-state index contributed by atoms with van der Waals surface area (Å²) in [6.07, 6.45) is 4.43. The van der Waals surface area contributed by atoms with Crippen LogP contribution in [0.4, 0.5) is 0 Å². The molecule has 6 heterocycles. The van der Waals surface area contributed by atoms with E-state index in [1.165, 1.54) is 43.8 Å². The molecular weight excluding hydrogens is 973 g/mol. The number of carbonyl (C=O) groups is 4. The number of fused-ring (bicyclic) bond motifs is 2. The molecule has 0 saturated carbocycles. The lowest BCUT2D eigenvalue weighted by atomic mass is 9.97. The highest BCUT2D eigenvalue weighted by Crippen LogP contribution is 2.45. The highest BCUT2D eigenvalue weighted by molar-refractivity contribution is 7.88. The minimum Gasteiger partial charge on any atom is -0.343 e. The molecule has 4 N–H and O–H groups in total. The molecule has 4 amide bonds. The number of nitrogens with zero attached hydrogens (tertiary/aromatic N) is 6. The van der Waals surface area contributed by atoms with E-state index in [1.807, 2.05) is 71.4 Å². The quantitative estimate of drug-likeness (QED) is 0.0996. The fourth-order valence-electron chi connectivity index (χ4n) is 10.7. The van der Waals surface area contributed by atoms with Crippen LogP contribution in [0, 0.1) is 0 Å². The van der Waals surface area contributed by atoms with Crippen LogP contribution in [0.2, 0.25) is 0 Å². The molecule has 8 rings (SSSR count). The normalized spacial score (nSPS) is 24.5. The summed E-state index contributed by atoms with van der Waals surface area (Å²) >= 11 is 2.88. The van der Waals surface area contributed by atoms with E-state index in [0.717, 1.165) is 32.5 Å². The standard InChI is InChI=1S/C48H64N10O8S4/c1-29(49-3)43(59)51-35(47(61)55-23-21-39-41(55)33(25-57(39)69(5,63)64)45-53-37(27-67-45)31-15-9-7-10-16-31)19-13-14-20-36(52-44(60)30(2)50-4)48(62)56-24-22-40-42(56)34(26-58(40)70(6,65)66)46-54-38(28-68-46)32-17-11-8-12-18-32/h7-12,15-18,27-30,33-36,39-42,49-50H,13-14,19-26H2,1-6H3,(H,51,59)(H,52,60)/t29-,30-,33-,34-,35-,36-,39+,40+,41+,42+/m0/s1. The number of thiazole rings is 2. The Hall–Kier alpha value is -4.68. The minimum atomic E-state index is -3.64. The summed E-state index contributed by atoms with van der Waals surface area (Å²) in [6.45, 7) is 4.31. The number of likely N-dealkylation sites (tertiary alicyclic amines) is 2. The molecular formula is C48H64N10O8S4. The molecule has 0 spiro atoms. The number of benzene rings is 2. The van der Waals surface area contributed by atoms with Gasteiger partial charge in [0.1, 0.15) is 12.1 Å². The smallest absolute Gasteiger partial charge is 0.245 e. The van der Waals surface area contributed by atoms with Crippen LogP contribution in [-0.2, 0) is 39.2 Å². The molecule has 0 unspecified atom stereocenters. The van der Waals surface area contributed by atoms with Gasteiger partial charge in [0.25, 0.3) is 0 Å². The van der Waals surface area contributed by atoms with Gasteiger partial charge in [-0.2, -0.15) is 8.61 Å². The lowest BCUT2D eigenvalue weighted by molar-refractivity contribution is -0.138. The second-order valence-electron chi connectivity index (χ2n) is 18.9. The molecule has 4 aliphatic rings.